The second kappa shape index (κ2) is 8.77. The lowest BCUT2D eigenvalue weighted by atomic mass is 10.1. The molecule has 0 aromatic heterocycles. The van der Waals surface area contributed by atoms with Crippen LogP contribution >= 0.6 is 0 Å². The fourth-order valence-corrected chi connectivity index (χ4v) is 3.17. The first-order valence-electron chi connectivity index (χ1n) is 9.42. The zero-order chi connectivity index (χ0) is 21.0. The normalized spacial score (nSPS) is 15.8. The molecule has 1 heterocycles. The van der Waals surface area contributed by atoms with Crippen LogP contribution in [-0.2, 0) is 19.1 Å². The molecular formula is C22H24N2O5. The molecule has 2 aromatic carbocycles. The Balaban J connectivity index is 1.60. The van der Waals surface area contributed by atoms with Gasteiger partial charge in [-0.25, -0.2) is 4.79 Å². The van der Waals surface area contributed by atoms with Crippen LogP contribution in [0.5, 0.6) is 5.75 Å². The molecule has 0 aliphatic carbocycles. The Kier molecular flexibility index (Phi) is 6.16. The van der Waals surface area contributed by atoms with Crippen LogP contribution in [0.25, 0.3) is 0 Å². The van der Waals surface area contributed by atoms with Gasteiger partial charge in [0.25, 0.3) is 5.91 Å². The minimum atomic E-state index is -0.637. The number of nitrogens with one attached hydrogen (secondary N) is 1. The van der Waals surface area contributed by atoms with Gasteiger partial charge in [-0.2, -0.15) is 0 Å². The number of hydrogen-bond donors (Lipinski definition) is 1. The van der Waals surface area contributed by atoms with Crippen molar-refractivity contribution >= 4 is 29.2 Å². The number of nitrogens with zero attached hydrogens (tertiary/aromatic N) is 1. The minimum absolute atomic E-state index is 0.157. The summed E-state index contributed by atoms with van der Waals surface area (Å²) in [5, 5.41) is 2.79. The number of rotatable bonds is 5. The maximum Gasteiger partial charge on any atom is 0.344 e. The fourth-order valence-electron chi connectivity index (χ4n) is 3.17. The Morgan fingerprint density at radius 1 is 1.10 bits per heavy atom. The number of benzene rings is 2. The van der Waals surface area contributed by atoms with Gasteiger partial charge in [-0.15, -0.1) is 0 Å². The molecule has 0 radical (unpaired) electrons. The molecule has 152 valence electrons. The Bertz CT molecular complexity index is 941. The lowest BCUT2D eigenvalue weighted by Gasteiger charge is -2.27. The number of anilines is 2. The highest BCUT2D eigenvalue weighted by atomic mass is 16.6. The number of amides is 2. The maximum atomic E-state index is 12.8. The molecule has 0 bridgehead atoms. The largest absolute Gasteiger partial charge is 0.482 e. The van der Waals surface area contributed by atoms with E-state index in [4.69, 9.17) is 9.47 Å². The summed E-state index contributed by atoms with van der Waals surface area (Å²) in [6, 6.07) is 12.2. The molecule has 7 nitrogen and oxygen atoms in total. The standard InChI is InChI=1S/C22H24N2O5/c1-14-8-9-17(10-15(14)2)28-13-22(27)29-12-21(26)24-16(3)11-20(25)23-18-6-4-5-7-19(18)24/h4-10,16H,11-13H2,1-3H3,(H,23,25)/t16-/m1/s1. The smallest absolute Gasteiger partial charge is 0.344 e. The molecule has 1 N–H and O–H groups in total. The molecule has 2 amide bonds. The van der Waals surface area contributed by atoms with Crippen molar-refractivity contribution < 1.29 is 23.9 Å². The Morgan fingerprint density at radius 2 is 1.86 bits per heavy atom. The number of para-hydroxylation sites is 2. The average molecular weight is 396 g/mol. The first kappa shape index (κ1) is 20.4. The summed E-state index contributed by atoms with van der Waals surface area (Å²) in [5.74, 6) is -0.641. The summed E-state index contributed by atoms with van der Waals surface area (Å²) in [5.41, 5.74) is 3.33. The molecule has 29 heavy (non-hydrogen) atoms. The Hall–Kier alpha value is -3.35. The molecule has 0 fully saturated rings. The van der Waals surface area contributed by atoms with E-state index >= 15 is 0 Å². The van der Waals surface area contributed by atoms with Crippen LogP contribution in [0.4, 0.5) is 11.4 Å². The fraction of sp³-hybridized carbons (Fsp3) is 0.318. The monoisotopic (exact) mass is 396 g/mol. The highest BCUT2D eigenvalue weighted by Crippen LogP contribution is 2.31. The van der Waals surface area contributed by atoms with Crippen molar-refractivity contribution in [3.05, 3.63) is 53.6 Å². The third kappa shape index (κ3) is 4.93. The summed E-state index contributed by atoms with van der Waals surface area (Å²) in [6.07, 6.45) is 0.157. The topological polar surface area (TPSA) is 84.9 Å². The highest BCUT2D eigenvalue weighted by Gasteiger charge is 2.30. The van der Waals surface area contributed by atoms with Crippen molar-refractivity contribution in [1.29, 1.82) is 0 Å². The van der Waals surface area contributed by atoms with Gasteiger partial charge in [0.05, 0.1) is 11.4 Å². The first-order chi connectivity index (χ1) is 13.8. The molecule has 0 saturated heterocycles. The van der Waals surface area contributed by atoms with Crippen LogP contribution in [-0.4, -0.2) is 37.0 Å². The average Bonchev–Trinajstić information content (AvgIpc) is 2.81. The number of carbonyl (C=O) groups excluding carboxylic acids is 3. The Morgan fingerprint density at radius 3 is 2.62 bits per heavy atom. The Labute approximate surface area is 169 Å². The van der Waals surface area contributed by atoms with Crippen molar-refractivity contribution in [2.75, 3.05) is 23.4 Å². The predicted molar refractivity (Wildman–Crippen MR) is 109 cm³/mol. The molecule has 1 aliphatic heterocycles. The number of hydrogen-bond acceptors (Lipinski definition) is 5. The molecule has 3 rings (SSSR count). The zero-order valence-corrected chi connectivity index (χ0v) is 16.7. The van der Waals surface area contributed by atoms with E-state index < -0.39 is 18.5 Å². The molecule has 1 aliphatic rings. The summed E-state index contributed by atoms with van der Waals surface area (Å²) < 4.78 is 10.5. The van der Waals surface area contributed by atoms with Gasteiger partial charge in [0.1, 0.15) is 5.75 Å². The zero-order valence-electron chi connectivity index (χ0n) is 16.7. The van der Waals surface area contributed by atoms with Crippen LogP contribution in [0.2, 0.25) is 0 Å². The summed E-state index contributed by atoms with van der Waals surface area (Å²) in [7, 11) is 0. The molecule has 0 spiro atoms. The van der Waals surface area contributed by atoms with Gasteiger partial charge in [0.15, 0.2) is 13.2 Å². The van der Waals surface area contributed by atoms with E-state index in [-0.39, 0.29) is 25.0 Å². The van der Waals surface area contributed by atoms with Crippen molar-refractivity contribution in [2.45, 2.75) is 33.2 Å². The number of aryl methyl sites for hydroxylation is 2. The van der Waals surface area contributed by atoms with Gasteiger partial charge in [-0.3, -0.25) is 9.59 Å². The highest BCUT2D eigenvalue weighted by molar-refractivity contribution is 6.05. The number of fused-ring (bicyclic) bond motifs is 1. The van der Waals surface area contributed by atoms with Gasteiger partial charge >= 0.3 is 5.97 Å². The van der Waals surface area contributed by atoms with E-state index in [1.807, 2.05) is 26.0 Å². The molecule has 7 heteroatoms. The van der Waals surface area contributed by atoms with Crippen molar-refractivity contribution in [3.63, 3.8) is 0 Å². The van der Waals surface area contributed by atoms with Crippen LogP contribution in [0, 0.1) is 13.8 Å². The van der Waals surface area contributed by atoms with Gasteiger partial charge in [0.2, 0.25) is 5.91 Å². The molecular weight excluding hydrogens is 372 g/mol. The quantitative estimate of drug-likeness (QED) is 0.786. The van der Waals surface area contributed by atoms with E-state index in [0.29, 0.717) is 17.1 Å². The second-order valence-electron chi connectivity index (χ2n) is 7.08. The third-order valence-electron chi connectivity index (χ3n) is 4.82. The third-order valence-corrected chi connectivity index (χ3v) is 4.82. The molecule has 2 aromatic rings. The van der Waals surface area contributed by atoms with Crippen molar-refractivity contribution in [1.82, 2.24) is 0 Å². The van der Waals surface area contributed by atoms with E-state index in [1.165, 1.54) is 4.90 Å². The summed E-state index contributed by atoms with van der Waals surface area (Å²) in [6.45, 7) is 5.01. The molecule has 0 saturated carbocycles. The maximum absolute atomic E-state index is 12.8. The van der Waals surface area contributed by atoms with Crippen molar-refractivity contribution in [2.24, 2.45) is 0 Å². The second-order valence-corrected chi connectivity index (χ2v) is 7.08. The predicted octanol–water partition coefficient (Wildman–Crippen LogP) is 2.99. The van der Waals surface area contributed by atoms with E-state index in [0.717, 1.165) is 11.1 Å². The summed E-state index contributed by atoms with van der Waals surface area (Å²) in [4.78, 5) is 38.3. The van der Waals surface area contributed by atoms with E-state index in [2.05, 4.69) is 5.32 Å². The SMILES string of the molecule is Cc1ccc(OCC(=O)OCC(=O)N2c3ccccc3NC(=O)C[C@H]2C)cc1C. The molecule has 1 atom stereocenters. The lowest BCUT2D eigenvalue weighted by molar-refractivity contribution is -0.149. The van der Waals surface area contributed by atoms with E-state index in [1.54, 1.807) is 37.3 Å². The number of esters is 1. The van der Waals surface area contributed by atoms with E-state index in [9.17, 15) is 14.4 Å². The number of ether oxygens (including phenoxy) is 2. The minimum Gasteiger partial charge on any atom is -0.482 e. The van der Waals surface area contributed by atoms with Crippen LogP contribution < -0.4 is 15.0 Å². The van der Waals surface area contributed by atoms with Crippen LogP contribution in [0.1, 0.15) is 24.5 Å². The van der Waals surface area contributed by atoms with Gasteiger partial charge in [-0.1, -0.05) is 18.2 Å². The first-order valence-corrected chi connectivity index (χ1v) is 9.42. The van der Waals surface area contributed by atoms with Gasteiger partial charge in [-0.05, 0) is 56.2 Å². The summed E-state index contributed by atoms with van der Waals surface area (Å²) >= 11 is 0. The number of carbonyl (C=O) groups is 3. The van der Waals surface area contributed by atoms with Crippen LogP contribution in [0.15, 0.2) is 42.5 Å². The molecule has 0 unspecified atom stereocenters. The van der Waals surface area contributed by atoms with Gasteiger partial charge < -0.3 is 19.7 Å². The van der Waals surface area contributed by atoms with Crippen LogP contribution in [0.3, 0.4) is 0 Å². The van der Waals surface area contributed by atoms with Gasteiger partial charge in [0, 0.05) is 12.5 Å². The van der Waals surface area contributed by atoms with Crippen molar-refractivity contribution in [3.8, 4) is 5.75 Å². The lowest BCUT2D eigenvalue weighted by Crippen LogP contribution is -2.41.